The number of benzene rings is 1. The number of carbonyl (C=O) groups excluding carboxylic acids is 2. The van der Waals surface area contributed by atoms with Crippen LogP contribution in [0.25, 0.3) is 5.57 Å². The molecule has 1 aliphatic rings. The van der Waals surface area contributed by atoms with Crippen LogP contribution in [0.4, 0.5) is 0 Å². The topological polar surface area (TPSA) is 56.3 Å². The summed E-state index contributed by atoms with van der Waals surface area (Å²) in [6.07, 6.45) is 5.51. The number of thioether (sulfide) groups is 1. The molecule has 1 atom stereocenters. The molecule has 0 fully saturated rings. The number of aryl methyl sites for hydroxylation is 4. The second-order valence-electron chi connectivity index (χ2n) is 8.57. The van der Waals surface area contributed by atoms with Crippen LogP contribution in [-0.2, 0) is 27.2 Å². The van der Waals surface area contributed by atoms with Gasteiger partial charge in [0.1, 0.15) is 5.76 Å². The Morgan fingerprint density at radius 2 is 1.78 bits per heavy atom. The van der Waals surface area contributed by atoms with E-state index in [-0.39, 0.29) is 17.7 Å². The molecule has 170 valence electrons. The molecule has 0 aliphatic heterocycles. The van der Waals surface area contributed by atoms with Gasteiger partial charge in [-0.05, 0) is 73.1 Å². The summed E-state index contributed by atoms with van der Waals surface area (Å²) >= 11 is 1.70. The van der Waals surface area contributed by atoms with Gasteiger partial charge in [-0.15, -0.1) is 11.8 Å². The zero-order chi connectivity index (χ0) is 23.3. The fourth-order valence-electron chi connectivity index (χ4n) is 4.40. The van der Waals surface area contributed by atoms with Crippen molar-refractivity contribution < 1.29 is 14.3 Å². The van der Waals surface area contributed by atoms with Crippen molar-refractivity contribution in [1.29, 1.82) is 0 Å². The molecule has 1 unspecified atom stereocenters. The monoisotopic (exact) mass is 451 g/mol. The predicted molar refractivity (Wildman–Crippen MR) is 131 cm³/mol. The first-order valence-corrected chi connectivity index (χ1v) is 12.4. The van der Waals surface area contributed by atoms with Crippen LogP contribution in [0.1, 0.15) is 67.9 Å². The van der Waals surface area contributed by atoms with Crippen LogP contribution in [0.5, 0.6) is 0 Å². The highest BCUT2D eigenvalue weighted by Gasteiger charge is 2.32. The van der Waals surface area contributed by atoms with Gasteiger partial charge in [-0.1, -0.05) is 37.6 Å². The fourth-order valence-corrected chi connectivity index (χ4v) is 5.35. The number of ketones is 1. The maximum absolute atomic E-state index is 13.4. The van der Waals surface area contributed by atoms with Gasteiger partial charge in [0.15, 0.2) is 5.78 Å². The number of Topliss-reactive ketones (excluding diaryl/α,β-unsaturated/α-hetero) is 1. The molecule has 0 amide bonds. The molecule has 0 spiro atoms. The molecule has 1 aromatic carbocycles. The van der Waals surface area contributed by atoms with E-state index in [9.17, 15) is 9.59 Å². The summed E-state index contributed by atoms with van der Waals surface area (Å²) in [7, 11) is 0. The number of hydrogen-bond donors (Lipinski definition) is 0. The average molecular weight is 452 g/mol. The van der Waals surface area contributed by atoms with E-state index in [1.54, 1.807) is 11.8 Å². The Labute approximate surface area is 195 Å². The molecule has 3 rings (SSSR count). The van der Waals surface area contributed by atoms with Gasteiger partial charge in [0.05, 0.1) is 10.6 Å². The van der Waals surface area contributed by atoms with Crippen molar-refractivity contribution in [2.75, 3.05) is 5.75 Å². The third-order valence-electron chi connectivity index (χ3n) is 5.89. The number of nitrogens with zero attached hydrogens (tertiary/aromatic N) is 1. The molecule has 1 aromatic heterocycles. The summed E-state index contributed by atoms with van der Waals surface area (Å²) < 4.78 is 5.67. The molecule has 2 aromatic rings. The molecule has 32 heavy (non-hydrogen) atoms. The third kappa shape index (κ3) is 5.89. The van der Waals surface area contributed by atoms with E-state index in [0.717, 1.165) is 52.3 Å². The second kappa shape index (κ2) is 11.0. The zero-order valence-electron chi connectivity index (χ0n) is 19.8. The van der Waals surface area contributed by atoms with Crippen LogP contribution in [0.2, 0.25) is 0 Å². The van der Waals surface area contributed by atoms with Crippen molar-refractivity contribution in [2.24, 2.45) is 5.92 Å². The van der Waals surface area contributed by atoms with Crippen molar-refractivity contribution in [3.63, 3.8) is 0 Å². The molecule has 0 radical (unpaired) electrons. The SMILES string of the molecule is CCc1cc(C)cc(CC)c1C1=C(OC(C)=O)CC(CCSc2ccc(C)cn2)CC1=O. The van der Waals surface area contributed by atoms with Crippen LogP contribution in [0.3, 0.4) is 0 Å². The molecule has 0 saturated carbocycles. The summed E-state index contributed by atoms with van der Waals surface area (Å²) in [6.45, 7) is 9.74. The van der Waals surface area contributed by atoms with E-state index < -0.39 is 0 Å². The quantitative estimate of drug-likeness (QED) is 0.350. The first-order valence-electron chi connectivity index (χ1n) is 11.4. The van der Waals surface area contributed by atoms with Gasteiger partial charge in [-0.2, -0.15) is 0 Å². The van der Waals surface area contributed by atoms with Crippen LogP contribution in [-0.4, -0.2) is 22.5 Å². The molecular weight excluding hydrogens is 418 g/mol. The molecule has 0 N–H and O–H groups in total. The highest BCUT2D eigenvalue weighted by molar-refractivity contribution is 7.99. The summed E-state index contributed by atoms with van der Waals surface area (Å²) in [5.74, 6) is 1.31. The highest BCUT2D eigenvalue weighted by atomic mass is 32.2. The lowest BCUT2D eigenvalue weighted by Gasteiger charge is -2.28. The summed E-state index contributed by atoms with van der Waals surface area (Å²) in [5, 5.41) is 0.994. The Bertz CT molecular complexity index is 999. The highest BCUT2D eigenvalue weighted by Crippen LogP contribution is 2.39. The normalized spacial score (nSPS) is 16.4. The summed E-state index contributed by atoms with van der Waals surface area (Å²) in [6, 6.07) is 8.39. The summed E-state index contributed by atoms with van der Waals surface area (Å²) in [5.41, 5.74) is 6.24. The Hall–Kier alpha value is -2.40. The van der Waals surface area contributed by atoms with E-state index in [4.69, 9.17) is 4.74 Å². The van der Waals surface area contributed by atoms with E-state index in [1.807, 2.05) is 19.2 Å². The fraction of sp³-hybridized carbons (Fsp3) is 0.444. The number of hydrogen-bond acceptors (Lipinski definition) is 5. The lowest BCUT2D eigenvalue weighted by molar-refractivity contribution is -0.137. The molecule has 1 aliphatic carbocycles. The molecule has 0 bridgehead atoms. The van der Waals surface area contributed by atoms with Gasteiger partial charge < -0.3 is 4.74 Å². The lowest BCUT2D eigenvalue weighted by atomic mass is 9.79. The molecule has 1 heterocycles. The van der Waals surface area contributed by atoms with E-state index in [2.05, 4.69) is 44.0 Å². The third-order valence-corrected chi connectivity index (χ3v) is 6.87. The average Bonchev–Trinajstić information content (AvgIpc) is 2.74. The Kier molecular flexibility index (Phi) is 8.30. The first-order chi connectivity index (χ1) is 15.3. The second-order valence-corrected chi connectivity index (χ2v) is 9.68. The smallest absolute Gasteiger partial charge is 0.307 e. The Morgan fingerprint density at radius 1 is 1.09 bits per heavy atom. The predicted octanol–water partition coefficient (Wildman–Crippen LogP) is 6.26. The van der Waals surface area contributed by atoms with Crippen molar-refractivity contribution in [3.8, 4) is 0 Å². The van der Waals surface area contributed by atoms with Gasteiger partial charge in [-0.25, -0.2) is 4.98 Å². The minimum atomic E-state index is -0.368. The first kappa shape index (κ1) is 24.2. The number of carbonyl (C=O) groups is 2. The minimum Gasteiger partial charge on any atom is -0.430 e. The lowest BCUT2D eigenvalue weighted by Crippen LogP contribution is -2.23. The summed E-state index contributed by atoms with van der Waals surface area (Å²) in [4.78, 5) is 29.8. The van der Waals surface area contributed by atoms with Gasteiger partial charge in [-0.3, -0.25) is 9.59 Å². The van der Waals surface area contributed by atoms with E-state index in [0.29, 0.717) is 24.2 Å². The maximum atomic E-state index is 13.4. The van der Waals surface area contributed by atoms with E-state index in [1.165, 1.54) is 12.5 Å². The molecular formula is C27H33NO3S. The van der Waals surface area contributed by atoms with Gasteiger partial charge >= 0.3 is 5.97 Å². The Balaban J connectivity index is 1.87. The van der Waals surface area contributed by atoms with Crippen molar-refractivity contribution in [2.45, 2.75) is 71.7 Å². The van der Waals surface area contributed by atoms with Crippen LogP contribution in [0, 0.1) is 19.8 Å². The van der Waals surface area contributed by atoms with Gasteiger partial charge in [0.25, 0.3) is 0 Å². The number of aromatic nitrogens is 1. The van der Waals surface area contributed by atoms with Crippen molar-refractivity contribution in [1.82, 2.24) is 4.98 Å². The Morgan fingerprint density at radius 3 is 2.34 bits per heavy atom. The van der Waals surface area contributed by atoms with Gasteiger partial charge in [0, 0.05) is 26.0 Å². The number of ether oxygens (including phenoxy) is 1. The maximum Gasteiger partial charge on any atom is 0.307 e. The molecule has 4 nitrogen and oxygen atoms in total. The van der Waals surface area contributed by atoms with Crippen LogP contribution < -0.4 is 0 Å². The molecule has 0 saturated heterocycles. The number of pyridine rings is 1. The molecule has 5 heteroatoms. The standard InChI is InChI=1S/C27H33NO3S/c1-6-21-12-18(4)13-22(7-2)26(21)27-23(30)14-20(15-24(27)31-19(5)29)10-11-32-25-9-8-17(3)16-28-25/h8-9,12-13,16,20H,6-7,10-11,14-15H2,1-5H3. The number of allylic oxidation sites excluding steroid dienone is 2. The number of rotatable bonds is 8. The van der Waals surface area contributed by atoms with E-state index >= 15 is 0 Å². The van der Waals surface area contributed by atoms with Crippen molar-refractivity contribution in [3.05, 3.63) is 64.0 Å². The zero-order valence-corrected chi connectivity index (χ0v) is 20.6. The largest absolute Gasteiger partial charge is 0.430 e. The van der Waals surface area contributed by atoms with Crippen LogP contribution in [0.15, 0.2) is 41.2 Å². The van der Waals surface area contributed by atoms with Gasteiger partial charge in [0.2, 0.25) is 0 Å². The van der Waals surface area contributed by atoms with Crippen molar-refractivity contribution >= 4 is 29.1 Å². The van der Waals surface area contributed by atoms with Crippen LogP contribution >= 0.6 is 11.8 Å². The minimum absolute atomic E-state index is 0.0872. The number of esters is 1.